The summed E-state index contributed by atoms with van der Waals surface area (Å²) in [5, 5.41) is 1.27. The Morgan fingerprint density at radius 2 is 1.89 bits per heavy atom. The molecule has 2 nitrogen and oxygen atoms in total. The molecular formula is C14H9ClFNO. The summed E-state index contributed by atoms with van der Waals surface area (Å²) in [6.07, 6.45) is 0. The third kappa shape index (κ3) is 1.83. The van der Waals surface area contributed by atoms with Gasteiger partial charge < -0.3 is 10.2 Å². The summed E-state index contributed by atoms with van der Waals surface area (Å²) in [5.74, 6) is 0.282. The van der Waals surface area contributed by atoms with Crippen LogP contribution in [0.1, 0.15) is 0 Å². The summed E-state index contributed by atoms with van der Waals surface area (Å²) in [6, 6.07) is 11.3. The molecule has 3 rings (SSSR count). The van der Waals surface area contributed by atoms with E-state index < -0.39 is 0 Å². The molecule has 0 aliphatic rings. The predicted molar refractivity (Wildman–Crippen MR) is 71.0 cm³/mol. The third-order valence-electron chi connectivity index (χ3n) is 2.76. The zero-order chi connectivity index (χ0) is 12.7. The first-order valence-corrected chi connectivity index (χ1v) is 5.76. The Morgan fingerprint density at radius 1 is 1.06 bits per heavy atom. The molecule has 0 bridgehead atoms. The summed E-state index contributed by atoms with van der Waals surface area (Å²) < 4.78 is 18.7. The predicted octanol–water partition coefficient (Wildman–Crippen LogP) is 4.47. The van der Waals surface area contributed by atoms with Crippen molar-refractivity contribution in [2.75, 3.05) is 5.73 Å². The van der Waals surface area contributed by atoms with Crippen LogP contribution in [0.15, 0.2) is 46.9 Å². The Kier molecular flexibility index (Phi) is 2.49. The van der Waals surface area contributed by atoms with Crippen molar-refractivity contribution in [1.82, 2.24) is 0 Å². The first-order valence-electron chi connectivity index (χ1n) is 5.38. The largest absolute Gasteiger partial charge is 0.456 e. The van der Waals surface area contributed by atoms with Crippen molar-refractivity contribution in [3.05, 3.63) is 53.3 Å². The van der Waals surface area contributed by atoms with Crippen LogP contribution in [-0.2, 0) is 0 Å². The molecule has 0 amide bonds. The summed E-state index contributed by atoms with van der Waals surface area (Å²) in [7, 11) is 0. The number of rotatable bonds is 1. The van der Waals surface area contributed by atoms with Gasteiger partial charge in [0.05, 0.1) is 0 Å². The number of fused-ring (bicyclic) bond motifs is 1. The van der Waals surface area contributed by atoms with Crippen molar-refractivity contribution in [3.63, 3.8) is 0 Å². The first-order chi connectivity index (χ1) is 8.63. The molecule has 1 aromatic heterocycles. The molecule has 18 heavy (non-hydrogen) atoms. The average molecular weight is 262 g/mol. The monoisotopic (exact) mass is 261 g/mol. The summed E-state index contributed by atoms with van der Waals surface area (Å²) in [5.41, 5.74) is 7.77. The molecule has 0 atom stereocenters. The zero-order valence-corrected chi connectivity index (χ0v) is 10.0. The quantitative estimate of drug-likeness (QED) is 0.656. The van der Waals surface area contributed by atoms with Crippen LogP contribution >= 0.6 is 11.6 Å². The van der Waals surface area contributed by atoms with Gasteiger partial charge in [-0.05, 0) is 42.5 Å². The lowest BCUT2D eigenvalue weighted by Gasteiger charge is -2.02. The maximum Gasteiger partial charge on any atom is 0.137 e. The Balaban J connectivity index is 2.22. The Hall–Kier alpha value is -2.00. The molecule has 3 aromatic rings. The molecule has 0 spiro atoms. The van der Waals surface area contributed by atoms with Crippen LogP contribution in [0.2, 0.25) is 5.02 Å². The molecule has 2 N–H and O–H groups in total. The van der Waals surface area contributed by atoms with Crippen molar-refractivity contribution in [3.8, 4) is 11.3 Å². The maximum atomic E-state index is 13.1. The minimum Gasteiger partial charge on any atom is -0.456 e. The Bertz CT molecular complexity index is 736. The van der Waals surface area contributed by atoms with Crippen LogP contribution in [0.4, 0.5) is 10.1 Å². The number of furan rings is 1. The van der Waals surface area contributed by atoms with E-state index in [1.165, 1.54) is 12.1 Å². The highest BCUT2D eigenvalue weighted by Gasteiger charge is 2.10. The highest BCUT2D eigenvalue weighted by Crippen LogP contribution is 2.33. The smallest absolute Gasteiger partial charge is 0.137 e. The van der Waals surface area contributed by atoms with Gasteiger partial charge in [-0.1, -0.05) is 11.6 Å². The van der Waals surface area contributed by atoms with Gasteiger partial charge in [0.1, 0.15) is 17.2 Å². The van der Waals surface area contributed by atoms with Crippen molar-refractivity contribution in [2.45, 2.75) is 0 Å². The topological polar surface area (TPSA) is 39.2 Å². The summed E-state index contributed by atoms with van der Waals surface area (Å²) >= 11 is 5.93. The number of halogens is 2. The molecule has 0 saturated heterocycles. The fourth-order valence-corrected chi connectivity index (χ4v) is 2.06. The van der Waals surface area contributed by atoms with E-state index in [9.17, 15) is 4.39 Å². The second-order valence-corrected chi connectivity index (χ2v) is 4.46. The van der Waals surface area contributed by atoms with E-state index in [2.05, 4.69) is 0 Å². The van der Waals surface area contributed by atoms with Crippen LogP contribution < -0.4 is 5.73 Å². The number of nitrogen functional groups attached to an aromatic ring is 1. The van der Waals surface area contributed by atoms with Crippen molar-refractivity contribution in [2.24, 2.45) is 0 Å². The third-order valence-corrected chi connectivity index (χ3v) is 2.99. The molecule has 0 aliphatic heterocycles. The van der Waals surface area contributed by atoms with Crippen LogP contribution in [0, 0.1) is 5.82 Å². The second-order valence-electron chi connectivity index (χ2n) is 4.02. The van der Waals surface area contributed by atoms with Crippen LogP contribution in [0.25, 0.3) is 22.3 Å². The highest BCUT2D eigenvalue weighted by atomic mass is 35.5. The molecule has 0 radical (unpaired) electrons. The van der Waals surface area contributed by atoms with Gasteiger partial charge in [0, 0.05) is 21.7 Å². The van der Waals surface area contributed by atoms with Gasteiger partial charge in [-0.3, -0.25) is 0 Å². The number of nitrogens with two attached hydrogens (primary N) is 1. The highest BCUT2D eigenvalue weighted by molar-refractivity contribution is 6.31. The number of hydrogen-bond acceptors (Lipinski definition) is 2. The van der Waals surface area contributed by atoms with Crippen molar-refractivity contribution < 1.29 is 8.81 Å². The molecule has 90 valence electrons. The van der Waals surface area contributed by atoms with Gasteiger partial charge in [-0.2, -0.15) is 0 Å². The van der Waals surface area contributed by atoms with Crippen molar-refractivity contribution >= 4 is 28.3 Å². The van der Waals surface area contributed by atoms with Gasteiger partial charge in [-0.15, -0.1) is 0 Å². The van der Waals surface area contributed by atoms with Crippen LogP contribution in [0.3, 0.4) is 0 Å². The minimum absolute atomic E-state index is 0.297. The van der Waals surface area contributed by atoms with E-state index >= 15 is 0 Å². The lowest BCUT2D eigenvalue weighted by Crippen LogP contribution is -1.88. The molecule has 0 fully saturated rings. The lowest BCUT2D eigenvalue weighted by atomic mass is 10.1. The van der Waals surface area contributed by atoms with Crippen LogP contribution in [0.5, 0.6) is 0 Å². The number of benzene rings is 2. The minimum atomic E-state index is -0.297. The van der Waals surface area contributed by atoms with E-state index in [1.807, 2.05) is 0 Å². The van der Waals surface area contributed by atoms with Gasteiger partial charge in [-0.25, -0.2) is 4.39 Å². The molecule has 4 heteroatoms. The summed E-state index contributed by atoms with van der Waals surface area (Å²) in [6.45, 7) is 0. The van der Waals surface area contributed by atoms with Gasteiger partial charge >= 0.3 is 0 Å². The number of hydrogen-bond donors (Lipinski definition) is 1. The maximum absolute atomic E-state index is 13.1. The second kappa shape index (κ2) is 4.03. The lowest BCUT2D eigenvalue weighted by molar-refractivity contribution is 0.619. The number of anilines is 1. The molecule has 0 saturated carbocycles. The van der Waals surface area contributed by atoms with Crippen LogP contribution in [-0.4, -0.2) is 0 Å². The zero-order valence-electron chi connectivity index (χ0n) is 9.28. The van der Waals surface area contributed by atoms with Crippen molar-refractivity contribution in [1.29, 1.82) is 0 Å². The van der Waals surface area contributed by atoms with E-state index in [1.54, 1.807) is 30.3 Å². The van der Waals surface area contributed by atoms with E-state index in [0.29, 0.717) is 33.0 Å². The Morgan fingerprint density at radius 3 is 2.72 bits per heavy atom. The van der Waals surface area contributed by atoms with Gasteiger partial charge in [0.2, 0.25) is 0 Å². The van der Waals surface area contributed by atoms with E-state index in [0.717, 1.165) is 0 Å². The average Bonchev–Trinajstić information content (AvgIpc) is 2.74. The molecule has 1 heterocycles. The Labute approximate surface area is 108 Å². The molecule has 0 unspecified atom stereocenters. The molecule has 0 aliphatic carbocycles. The molecular weight excluding hydrogens is 253 g/mol. The SMILES string of the molecule is Nc1ccc(Cl)cc1-c1cc2cc(F)ccc2o1. The van der Waals surface area contributed by atoms with E-state index in [4.69, 9.17) is 21.8 Å². The fourth-order valence-electron chi connectivity index (χ4n) is 1.89. The van der Waals surface area contributed by atoms with E-state index in [-0.39, 0.29) is 5.82 Å². The first kappa shape index (κ1) is 11.1. The van der Waals surface area contributed by atoms with Gasteiger partial charge in [0.25, 0.3) is 0 Å². The normalized spacial score (nSPS) is 11.0. The van der Waals surface area contributed by atoms with Gasteiger partial charge in [0.15, 0.2) is 0 Å². The summed E-state index contributed by atoms with van der Waals surface area (Å²) in [4.78, 5) is 0. The standard InChI is InChI=1S/C14H9ClFNO/c15-9-1-3-12(17)11(7-9)14-6-8-5-10(16)2-4-13(8)18-14/h1-7H,17H2. The molecule has 2 aromatic carbocycles. The fraction of sp³-hybridized carbons (Fsp3) is 0.